The van der Waals surface area contributed by atoms with E-state index in [1.54, 1.807) is 17.8 Å². The zero-order valence-electron chi connectivity index (χ0n) is 17.3. The predicted molar refractivity (Wildman–Crippen MR) is 113 cm³/mol. The summed E-state index contributed by atoms with van der Waals surface area (Å²) in [6.45, 7) is 1.33. The van der Waals surface area contributed by atoms with Crippen molar-refractivity contribution in [2.45, 2.75) is 31.6 Å². The molecule has 0 bridgehead atoms. The molecule has 0 radical (unpaired) electrons. The van der Waals surface area contributed by atoms with Crippen molar-refractivity contribution < 1.29 is 9.59 Å². The van der Waals surface area contributed by atoms with Crippen molar-refractivity contribution in [1.29, 1.82) is 0 Å². The molecule has 1 aliphatic carbocycles. The molecule has 1 aromatic carbocycles. The topological polar surface area (TPSA) is 85.1 Å². The van der Waals surface area contributed by atoms with E-state index in [2.05, 4.69) is 21.0 Å². The summed E-state index contributed by atoms with van der Waals surface area (Å²) in [6.07, 6.45) is 3.81. The number of anilines is 1. The Morgan fingerprint density at radius 1 is 1.13 bits per heavy atom. The van der Waals surface area contributed by atoms with Gasteiger partial charge in [-0.1, -0.05) is 12.1 Å². The number of imidazole rings is 1. The first-order valence-corrected chi connectivity index (χ1v) is 10.6. The minimum absolute atomic E-state index is 0.0110. The highest BCUT2D eigenvalue weighted by atomic mass is 16.2. The third kappa shape index (κ3) is 3.36. The lowest BCUT2D eigenvalue weighted by Gasteiger charge is -2.32. The fraction of sp³-hybridized carbons (Fsp3) is 0.455. The summed E-state index contributed by atoms with van der Waals surface area (Å²) >= 11 is 0. The van der Waals surface area contributed by atoms with E-state index in [0.29, 0.717) is 24.6 Å². The second kappa shape index (κ2) is 7.27. The largest absolute Gasteiger partial charge is 0.337 e. The van der Waals surface area contributed by atoms with Crippen molar-refractivity contribution in [2.24, 2.45) is 20.0 Å². The molecular weight excluding hydrogens is 380 g/mol. The number of aryl methyl sites for hydroxylation is 2. The summed E-state index contributed by atoms with van der Waals surface area (Å²) in [5.74, 6) is 1.80. The molecule has 1 saturated heterocycles. The van der Waals surface area contributed by atoms with Crippen molar-refractivity contribution >= 4 is 28.7 Å². The van der Waals surface area contributed by atoms with Crippen LogP contribution < -0.4 is 5.32 Å². The van der Waals surface area contributed by atoms with Crippen molar-refractivity contribution in [1.82, 2.24) is 24.2 Å². The van der Waals surface area contributed by atoms with E-state index in [-0.39, 0.29) is 23.7 Å². The first-order chi connectivity index (χ1) is 14.5. The molecule has 1 unspecified atom stereocenters. The van der Waals surface area contributed by atoms with Gasteiger partial charge in [0.1, 0.15) is 11.6 Å². The van der Waals surface area contributed by atoms with Gasteiger partial charge in [-0.25, -0.2) is 4.98 Å². The second-order valence-electron chi connectivity index (χ2n) is 8.41. The average molecular weight is 406 g/mol. The molecule has 8 nitrogen and oxygen atoms in total. The average Bonchev–Trinajstić information content (AvgIpc) is 3.48. The molecule has 5 rings (SSSR count). The van der Waals surface area contributed by atoms with Gasteiger partial charge in [0, 0.05) is 45.1 Å². The molecule has 1 atom stereocenters. The lowest BCUT2D eigenvalue weighted by molar-refractivity contribution is -0.117. The zero-order chi connectivity index (χ0) is 20.8. The lowest BCUT2D eigenvalue weighted by Crippen LogP contribution is -2.40. The van der Waals surface area contributed by atoms with Gasteiger partial charge < -0.3 is 14.8 Å². The maximum Gasteiger partial charge on any atom is 0.274 e. The number of piperidine rings is 1. The van der Waals surface area contributed by atoms with Crippen molar-refractivity contribution in [3.05, 3.63) is 41.9 Å². The number of fused-ring (bicyclic) bond motifs is 1. The number of likely N-dealkylation sites (tertiary alicyclic amines) is 1. The summed E-state index contributed by atoms with van der Waals surface area (Å²) in [6, 6.07) is 9.79. The monoisotopic (exact) mass is 406 g/mol. The highest BCUT2D eigenvalue weighted by molar-refractivity contribution is 5.96. The fourth-order valence-electron chi connectivity index (χ4n) is 4.33. The predicted octanol–water partition coefficient (Wildman–Crippen LogP) is 2.68. The minimum atomic E-state index is -0.0963. The Balaban J connectivity index is 1.33. The fourth-order valence-corrected chi connectivity index (χ4v) is 4.33. The Kier molecular flexibility index (Phi) is 4.56. The molecule has 1 N–H and O–H groups in total. The molecule has 1 aliphatic heterocycles. The van der Waals surface area contributed by atoms with Crippen LogP contribution in [0.5, 0.6) is 0 Å². The summed E-state index contributed by atoms with van der Waals surface area (Å²) in [5.41, 5.74) is 2.46. The maximum atomic E-state index is 13.1. The van der Waals surface area contributed by atoms with E-state index in [9.17, 15) is 9.59 Å². The van der Waals surface area contributed by atoms with Gasteiger partial charge in [0.25, 0.3) is 5.91 Å². The number of hydrogen-bond acceptors (Lipinski definition) is 4. The Bertz CT molecular complexity index is 1130. The van der Waals surface area contributed by atoms with Crippen LogP contribution >= 0.6 is 0 Å². The number of hydrogen-bond donors (Lipinski definition) is 1. The minimum Gasteiger partial charge on any atom is -0.337 e. The van der Waals surface area contributed by atoms with Crippen LogP contribution in [0.4, 0.5) is 5.82 Å². The molecule has 1 saturated carbocycles. The molecule has 8 heteroatoms. The summed E-state index contributed by atoms with van der Waals surface area (Å²) in [7, 11) is 3.79. The number of carbonyl (C=O) groups is 2. The number of rotatable bonds is 4. The zero-order valence-corrected chi connectivity index (χ0v) is 17.3. The van der Waals surface area contributed by atoms with Gasteiger partial charge in [-0.3, -0.25) is 14.3 Å². The van der Waals surface area contributed by atoms with Gasteiger partial charge in [-0.05, 0) is 37.8 Å². The SMILES string of the molecule is Cn1nc(C(=O)N2CCCC(c3nc4ccccc4n3C)C2)cc1NC(=O)C1CC1. The molecule has 3 aromatic rings. The third-order valence-corrected chi connectivity index (χ3v) is 6.19. The van der Waals surface area contributed by atoms with Gasteiger partial charge in [-0.2, -0.15) is 5.10 Å². The van der Waals surface area contributed by atoms with Crippen LogP contribution in [0.25, 0.3) is 11.0 Å². The van der Waals surface area contributed by atoms with Crippen LogP contribution in [0.15, 0.2) is 30.3 Å². The second-order valence-corrected chi connectivity index (χ2v) is 8.41. The van der Waals surface area contributed by atoms with Gasteiger partial charge >= 0.3 is 0 Å². The molecule has 2 fully saturated rings. The van der Waals surface area contributed by atoms with Gasteiger partial charge in [0.15, 0.2) is 5.69 Å². The Labute approximate surface area is 174 Å². The normalized spacial score (nSPS) is 19.3. The molecule has 30 heavy (non-hydrogen) atoms. The highest BCUT2D eigenvalue weighted by Crippen LogP contribution is 2.31. The van der Waals surface area contributed by atoms with E-state index in [1.807, 2.05) is 30.1 Å². The maximum absolute atomic E-state index is 13.1. The Morgan fingerprint density at radius 3 is 2.70 bits per heavy atom. The van der Waals surface area contributed by atoms with E-state index in [1.165, 1.54) is 0 Å². The number of nitrogens with zero attached hydrogens (tertiary/aromatic N) is 5. The molecular formula is C22H26N6O2. The van der Waals surface area contributed by atoms with Crippen molar-refractivity contribution in [3.8, 4) is 0 Å². The highest BCUT2D eigenvalue weighted by Gasteiger charge is 2.32. The summed E-state index contributed by atoms with van der Waals surface area (Å²) < 4.78 is 3.71. The molecule has 3 heterocycles. The van der Waals surface area contributed by atoms with Gasteiger partial charge in [0.05, 0.1) is 11.0 Å². The van der Waals surface area contributed by atoms with Crippen LogP contribution in [0.1, 0.15) is 47.9 Å². The van der Waals surface area contributed by atoms with Gasteiger partial charge in [-0.15, -0.1) is 0 Å². The number of para-hydroxylation sites is 2. The lowest BCUT2D eigenvalue weighted by atomic mass is 9.97. The van der Waals surface area contributed by atoms with Crippen LogP contribution in [-0.2, 0) is 18.9 Å². The van der Waals surface area contributed by atoms with Crippen LogP contribution in [-0.4, -0.2) is 49.1 Å². The molecule has 2 aliphatic rings. The van der Waals surface area contributed by atoms with E-state index in [0.717, 1.165) is 42.5 Å². The first kappa shape index (κ1) is 18.8. The molecule has 0 spiro atoms. The van der Waals surface area contributed by atoms with E-state index in [4.69, 9.17) is 4.98 Å². The van der Waals surface area contributed by atoms with Gasteiger partial charge in [0.2, 0.25) is 5.91 Å². The number of carbonyl (C=O) groups excluding carboxylic acids is 2. The summed E-state index contributed by atoms with van der Waals surface area (Å²) in [5, 5.41) is 7.24. The van der Waals surface area contributed by atoms with Crippen LogP contribution in [0, 0.1) is 5.92 Å². The third-order valence-electron chi connectivity index (χ3n) is 6.19. The first-order valence-electron chi connectivity index (χ1n) is 10.6. The van der Waals surface area contributed by atoms with Crippen molar-refractivity contribution in [2.75, 3.05) is 18.4 Å². The standard InChI is InChI=1S/C22H26N6O2/c1-26-18-8-4-3-7-16(18)23-20(26)15-6-5-11-28(13-15)22(30)17-12-19(27(2)25-17)24-21(29)14-9-10-14/h3-4,7-8,12,14-15H,5-6,9-11,13H2,1-2H3,(H,24,29). The Morgan fingerprint density at radius 2 is 1.93 bits per heavy atom. The smallest absolute Gasteiger partial charge is 0.274 e. The number of benzene rings is 1. The van der Waals surface area contributed by atoms with Crippen LogP contribution in [0.3, 0.4) is 0 Å². The van der Waals surface area contributed by atoms with E-state index >= 15 is 0 Å². The van der Waals surface area contributed by atoms with Crippen molar-refractivity contribution in [3.63, 3.8) is 0 Å². The molecule has 2 amide bonds. The van der Waals surface area contributed by atoms with E-state index < -0.39 is 0 Å². The number of nitrogens with one attached hydrogen (secondary N) is 1. The van der Waals surface area contributed by atoms with Crippen LogP contribution in [0.2, 0.25) is 0 Å². The summed E-state index contributed by atoms with van der Waals surface area (Å²) in [4.78, 5) is 31.9. The number of amides is 2. The molecule has 2 aromatic heterocycles. The Hall–Kier alpha value is -3.16. The molecule has 156 valence electrons. The number of aromatic nitrogens is 4. The quantitative estimate of drug-likeness (QED) is 0.722.